The first-order valence-electron chi connectivity index (χ1n) is 10.0. The quantitative estimate of drug-likeness (QED) is 0.622. The molecule has 32 heavy (non-hydrogen) atoms. The fourth-order valence-electron chi connectivity index (χ4n) is 3.87. The molecule has 0 spiro atoms. The third-order valence-corrected chi connectivity index (χ3v) is 7.29. The van der Waals surface area contributed by atoms with Gasteiger partial charge in [-0.15, -0.1) is 0 Å². The van der Waals surface area contributed by atoms with E-state index in [9.17, 15) is 22.0 Å². The Morgan fingerprint density at radius 3 is 2.69 bits per heavy atom. The average molecular weight is 466 g/mol. The van der Waals surface area contributed by atoms with Crippen LogP contribution in [0.2, 0.25) is 0 Å². The minimum atomic E-state index is -3.93. The SMILES string of the molecule is CC(C)S(=O)(=O)NC(=O)c1cnn2ccc(N3CCC[C@@H]3c3cc(F)ccc3F)c(F)c12. The molecule has 3 heterocycles. The van der Waals surface area contributed by atoms with Gasteiger partial charge in [0, 0.05) is 18.3 Å². The summed E-state index contributed by atoms with van der Waals surface area (Å²) in [6.45, 7) is 3.21. The van der Waals surface area contributed by atoms with Crippen LogP contribution >= 0.6 is 0 Å². The predicted octanol–water partition coefficient (Wildman–Crippen LogP) is 3.56. The summed E-state index contributed by atoms with van der Waals surface area (Å²) in [5.74, 6) is -2.99. The summed E-state index contributed by atoms with van der Waals surface area (Å²) in [7, 11) is -3.93. The molecule has 4 rings (SSSR count). The van der Waals surface area contributed by atoms with E-state index in [-0.39, 0.29) is 22.3 Å². The number of carbonyl (C=O) groups excluding carboxylic acids is 1. The van der Waals surface area contributed by atoms with Gasteiger partial charge in [0.25, 0.3) is 5.91 Å². The molecule has 1 N–H and O–H groups in total. The number of benzene rings is 1. The molecule has 0 radical (unpaired) electrons. The second-order valence-corrected chi connectivity index (χ2v) is 10.1. The van der Waals surface area contributed by atoms with Crippen LogP contribution in [0.1, 0.15) is 48.7 Å². The van der Waals surface area contributed by atoms with E-state index in [0.29, 0.717) is 19.4 Å². The van der Waals surface area contributed by atoms with Gasteiger partial charge in [-0.2, -0.15) is 5.10 Å². The van der Waals surface area contributed by atoms with E-state index >= 15 is 4.39 Å². The molecule has 11 heteroatoms. The van der Waals surface area contributed by atoms with Crippen molar-refractivity contribution < 1.29 is 26.4 Å². The van der Waals surface area contributed by atoms with Crippen LogP contribution in [0.3, 0.4) is 0 Å². The number of aromatic nitrogens is 2. The number of hydrogen-bond acceptors (Lipinski definition) is 5. The lowest BCUT2D eigenvalue weighted by atomic mass is 10.0. The largest absolute Gasteiger partial charge is 0.362 e. The zero-order valence-corrected chi connectivity index (χ0v) is 18.2. The molecule has 1 atom stereocenters. The minimum Gasteiger partial charge on any atom is -0.362 e. The molecule has 1 fully saturated rings. The maximum Gasteiger partial charge on any atom is 0.268 e. The van der Waals surface area contributed by atoms with Crippen molar-refractivity contribution in [3.63, 3.8) is 0 Å². The lowest BCUT2D eigenvalue weighted by molar-refractivity contribution is 0.0982. The van der Waals surface area contributed by atoms with Gasteiger partial charge in [-0.3, -0.25) is 4.79 Å². The van der Waals surface area contributed by atoms with Gasteiger partial charge in [-0.05, 0) is 51.0 Å². The molecule has 0 bridgehead atoms. The van der Waals surface area contributed by atoms with Gasteiger partial charge in [0.15, 0.2) is 5.82 Å². The summed E-state index contributed by atoms with van der Waals surface area (Å²) in [4.78, 5) is 14.2. The molecule has 2 aromatic heterocycles. The number of halogens is 3. The highest BCUT2D eigenvalue weighted by atomic mass is 32.2. The second-order valence-electron chi connectivity index (χ2n) is 7.91. The molecule has 7 nitrogen and oxygen atoms in total. The molecule has 1 aromatic carbocycles. The third kappa shape index (κ3) is 3.81. The summed E-state index contributed by atoms with van der Waals surface area (Å²) in [5.41, 5.74) is -0.244. The molecule has 3 aromatic rings. The number of carbonyl (C=O) groups is 1. The van der Waals surface area contributed by atoms with E-state index in [1.54, 1.807) is 4.90 Å². The highest BCUT2D eigenvalue weighted by Crippen LogP contribution is 2.39. The number of nitrogens with one attached hydrogen (secondary N) is 1. The van der Waals surface area contributed by atoms with Crippen molar-refractivity contribution in [2.75, 3.05) is 11.4 Å². The summed E-state index contributed by atoms with van der Waals surface area (Å²) < 4.78 is 71.0. The fraction of sp³-hybridized carbons (Fsp3) is 0.333. The highest BCUT2D eigenvalue weighted by Gasteiger charge is 2.32. The molecule has 1 saturated heterocycles. The minimum absolute atomic E-state index is 0.0879. The number of fused-ring (bicyclic) bond motifs is 1. The van der Waals surface area contributed by atoms with Gasteiger partial charge >= 0.3 is 0 Å². The summed E-state index contributed by atoms with van der Waals surface area (Å²) in [5, 5.41) is 3.08. The van der Waals surface area contributed by atoms with E-state index in [2.05, 4.69) is 5.10 Å². The molecular formula is C21H21F3N4O3S. The van der Waals surface area contributed by atoms with Gasteiger partial charge in [0.05, 0.1) is 28.7 Å². The number of hydrogen-bond donors (Lipinski definition) is 1. The summed E-state index contributed by atoms with van der Waals surface area (Å²) in [6, 6.07) is 4.01. The predicted molar refractivity (Wildman–Crippen MR) is 112 cm³/mol. The Hall–Kier alpha value is -3.08. The smallest absolute Gasteiger partial charge is 0.268 e. The van der Waals surface area contributed by atoms with Gasteiger partial charge in [-0.1, -0.05) is 0 Å². The Balaban J connectivity index is 1.76. The molecule has 0 saturated carbocycles. The second kappa shape index (κ2) is 8.12. The van der Waals surface area contributed by atoms with Crippen LogP contribution in [0, 0.1) is 17.5 Å². The molecular weight excluding hydrogens is 445 g/mol. The van der Waals surface area contributed by atoms with E-state index in [1.807, 2.05) is 4.72 Å². The number of nitrogens with zero attached hydrogens (tertiary/aromatic N) is 3. The van der Waals surface area contributed by atoms with Crippen LogP contribution in [0.4, 0.5) is 18.9 Å². The lowest BCUT2D eigenvalue weighted by Gasteiger charge is -2.28. The normalized spacial score (nSPS) is 16.8. The van der Waals surface area contributed by atoms with E-state index in [1.165, 1.54) is 26.1 Å². The van der Waals surface area contributed by atoms with E-state index < -0.39 is 44.7 Å². The van der Waals surface area contributed by atoms with E-state index in [0.717, 1.165) is 28.9 Å². The van der Waals surface area contributed by atoms with Crippen LogP contribution in [-0.2, 0) is 10.0 Å². The van der Waals surface area contributed by atoms with Gasteiger partial charge in [0.1, 0.15) is 17.2 Å². The number of sulfonamides is 1. The fourth-order valence-corrected chi connectivity index (χ4v) is 4.47. The number of anilines is 1. The summed E-state index contributed by atoms with van der Waals surface area (Å²) >= 11 is 0. The van der Waals surface area contributed by atoms with Gasteiger partial charge < -0.3 is 4.90 Å². The Morgan fingerprint density at radius 2 is 1.97 bits per heavy atom. The van der Waals surface area contributed by atoms with Crippen molar-refractivity contribution in [1.82, 2.24) is 14.3 Å². The van der Waals surface area contributed by atoms with Crippen LogP contribution < -0.4 is 9.62 Å². The van der Waals surface area contributed by atoms with Crippen LogP contribution in [-0.4, -0.2) is 35.7 Å². The maximum atomic E-state index is 15.6. The zero-order chi connectivity index (χ0) is 23.2. The molecule has 170 valence electrons. The number of pyridine rings is 1. The van der Waals surface area contributed by atoms with Crippen LogP contribution in [0.25, 0.3) is 5.52 Å². The van der Waals surface area contributed by atoms with Crippen molar-refractivity contribution in [2.24, 2.45) is 0 Å². The van der Waals surface area contributed by atoms with Crippen molar-refractivity contribution in [2.45, 2.75) is 38.0 Å². The van der Waals surface area contributed by atoms with Crippen LogP contribution in [0.5, 0.6) is 0 Å². The Labute approximate surface area is 182 Å². The maximum absolute atomic E-state index is 15.6. The lowest BCUT2D eigenvalue weighted by Crippen LogP contribution is -2.35. The first kappa shape index (κ1) is 22.1. The third-order valence-electron chi connectivity index (χ3n) is 5.58. The first-order valence-corrected chi connectivity index (χ1v) is 11.6. The zero-order valence-electron chi connectivity index (χ0n) is 17.3. The Morgan fingerprint density at radius 1 is 1.22 bits per heavy atom. The van der Waals surface area contributed by atoms with Gasteiger partial charge in [-0.25, -0.2) is 30.8 Å². The Bertz CT molecular complexity index is 1310. The molecule has 0 unspecified atom stereocenters. The van der Waals surface area contributed by atoms with E-state index in [4.69, 9.17) is 0 Å². The molecule has 1 aliphatic rings. The van der Waals surface area contributed by atoms with Crippen molar-refractivity contribution in [3.8, 4) is 0 Å². The van der Waals surface area contributed by atoms with Gasteiger partial charge in [0.2, 0.25) is 10.0 Å². The average Bonchev–Trinajstić information content (AvgIpc) is 3.37. The molecule has 1 aliphatic heterocycles. The number of rotatable bonds is 5. The molecule has 0 aliphatic carbocycles. The summed E-state index contributed by atoms with van der Waals surface area (Å²) in [6.07, 6.45) is 3.63. The standard InChI is InChI=1S/C21H21F3N4O3S/c1-12(2)32(30,31)26-21(29)15-11-25-28-9-7-18(19(24)20(15)28)27-8-3-4-17(27)14-10-13(22)5-6-16(14)23/h5-7,9-12,17H,3-4,8H2,1-2H3,(H,26,29)/t17-/m1/s1. The van der Waals surface area contributed by atoms with Crippen molar-refractivity contribution in [3.05, 3.63) is 65.2 Å². The Kier molecular flexibility index (Phi) is 5.61. The number of amides is 1. The first-order chi connectivity index (χ1) is 15.1. The molecule has 1 amide bonds. The van der Waals surface area contributed by atoms with Crippen molar-refractivity contribution in [1.29, 1.82) is 0 Å². The highest BCUT2D eigenvalue weighted by molar-refractivity contribution is 7.90. The topological polar surface area (TPSA) is 83.8 Å². The monoisotopic (exact) mass is 466 g/mol. The van der Waals surface area contributed by atoms with Crippen LogP contribution in [0.15, 0.2) is 36.7 Å². The van der Waals surface area contributed by atoms with Crippen molar-refractivity contribution >= 4 is 27.1 Å².